The van der Waals surface area contributed by atoms with Crippen LogP contribution in [0.3, 0.4) is 0 Å². The van der Waals surface area contributed by atoms with Crippen LogP contribution in [0.5, 0.6) is 0 Å². The van der Waals surface area contributed by atoms with Crippen LogP contribution in [0, 0.1) is 5.41 Å². The summed E-state index contributed by atoms with van der Waals surface area (Å²) in [5, 5.41) is 16.7. The highest BCUT2D eigenvalue weighted by atomic mass is 16.5. The second-order valence-corrected chi connectivity index (χ2v) is 8.19. The fourth-order valence-electron chi connectivity index (χ4n) is 3.92. The first-order chi connectivity index (χ1) is 13.5. The Bertz CT molecular complexity index is 508. The normalized spacial score (nSPS) is 26.9. The third kappa shape index (κ3) is 6.90. The van der Waals surface area contributed by atoms with Gasteiger partial charge in [-0.25, -0.2) is 0 Å². The third-order valence-corrected chi connectivity index (χ3v) is 5.87. The summed E-state index contributed by atoms with van der Waals surface area (Å²) >= 11 is 0. The average molecular weight is 398 g/mol. The third-order valence-electron chi connectivity index (χ3n) is 5.87. The number of ether oxygens (including phenoxy) is 1. The summed E-state index contributed by atoms with van der Waals surface area (Å²) in [6.07, 6.45) is 3.93. The van der Waals surface area contributed by atoms with Crippen molar-refractivity contribution in [3.63, 3.8) is 0 Å². The van der Waals surface area contributed by atoms with Crippen LogP contribution in [0.15, 0.2) is 4.99 Å². The van der Waals surface area contributed by atoms with Gasteiger partial charge in [-0.2, -0.15) is 0 Å². The molecule has 0 aromatic rings. The summed E-state index contributed by atoms with van der Waals surface area (Å²) in [7, 11) is 1.63. The largest absolute Gasteiger partial charge is 0.392 e. The predicted molar refractivity (Wildman–Crippen MR) is 111 cm³/mol. The lowest BCUT2D eigenvalue weighted by atomic mass is 9.73. The number of piperazine rings is 1. The molecule has 1 aliphatic heterocycles. The molecule has 28 heavy (non-hydrogen) atoms. The van der Waals surface area contributed by atoms with Gasteiger partial charge < -0.3 is 25.4 Å². The van der Waals surface area contributed by atoms with E-state index >= 15 is 0 Å². The van der Waals surface area contributed by atoms with Crippen molar-refractivity contribution < 1.29 is 14.6 Å². The van der Waals surface area contributed by atoms with E-state index in [1.165, 1.54) is 6.42 Å². The molecule has 3 N–H and O–H groups in total. The van der Waals surface area contributed by atoms with Crippen molar-refractivity contribution in [2.75, 3.05) is 66.1 Å². The molecule has 0 spiro atoms. The molecule has 2 rings (SSSR count). The van der Waals surface area contributed by atoms with E-state index in [9.17, 15) is 9.90 Å². The lowest BCUT2D eigenvalue weighted by Gasteiger charge is -2.39. The van der Waals surface area contributed by atoms with Crippen molar-refractivity contribution in [1.82, 2.24) is 20.4 Å². The Labute approximate surface area is 169 Å². The minimum Gasteiger partial charge on any atom is -0.392 e. The van der Waals surface area contributed by atoms with Gasteiger partial charge in [-0.1, -0.05) is 19.8 Å². The first kappa shape index (κ1) is 22.9. The maximum Gasteiger partial charge on any atom is 0.234 e. The summed E-state index contributed by atoms with van der Waals surface area (Å²) in [6, 6.07) is 0. The predicted octanol–water partition coefficient (Wildman–Crippen LogP) is 0.273. The maximum atomic E-state index is 12.0. The van der Waals surface area contributed by atoms with Crippen molar-refractivity contribution in [2.24, 2.45) is 10.4 Å². The molecule has 0 aromatic carbocycles. The zero-order valence-corrected chi connectivity index (χ0v) is 17.9. The van der Waals surface area contributed by atoms with Crippen molar-refractivity contribution >= 4 is 11.9 Å². The lowest BCUT2D eigenvalue weighted by molar-refractivity contribution is -0.122. The van der Waals surface area contributed by atoms with Gasteiger partial charge in [0, 0.05) is 51.8 Å². The summed E-state index contributed by atoms with van der Waals surface area (Å²) < 4.78 is 4.96. The number of carbonyl (C=O) groups excluding carboxylic acids is 1. The summed E-state index contributed by atoms with van der Waals surface area (Å²) in [4.78, 5) is 21.3. The monoisotopic (exact) mass is 397 g/mol. The topological polar surface area (TPSA) is 89.4 Å². The van der Waals surface area contributed by atoms with Gasteiger partial charge in [-0.05, 0) is 19.8 Å². The van der Waals surface area contributed by atoms with E-state index < -0.39 is 0 Å². The molecule has 8 heteroatoms. The molecule has 1 amide bonds. The minimum absolute atomic E-state index is 0.0466. The van der Waals surface area contributed by atoms with Gasteiger partial charge in [0.05, 0.1) is 25.8 Å². The van der Waals surface area contributed by atoms with Crippen molar-refractivity contribution in [2.45, 2.75) is 45.6 Å². The number of aliphatic imine (C=N–C) groups is 1. The number of hydrogen-bond acceptors (Lipinski definition) is 5. The number of nitrogens with zero attached hydrogens (tertiary/aromatic N) is 3. The number of methoxy groups -OCH3 is 1. The van der Waals surface area contributed by atoms with E-state index in [1.54, 1.807) is 7.11 Å². The molecule has 1 heterocycles. The Balaban J connectivity index is 1.84. The number of hydrogen-bond donors (Lipinski definition) is 3. The second-order valence-electron chi connectivity index (χ2n) is 8.19. The fourth-order valence-corrected chi connectivity index (χ4v) is 3.92. The Morgan fingerprint density at radius 3 is 2.64 bits per heavy atom. The quantitative estimate of drug-likeness (QED) is 0.310. The number of rotatable bonds is 8. The zero-order chi connectivity index (χ0) is 20.4. The molecule has 0 aromatic heterocycles. The first-order valence-corrected chi connectivity index (χ1v) is 10.7. The molecule has 2 fully saturated rings. The van der Waals surface area contributed by atoms with E-state index in [4.69, 9.17) is 9.73 Å². The summed E-state index contributed by atoms with van der Waals surface area (Å²) in [5.74, 6) is 0.968. The van der Waals surface area contributed by atoms with E-state index in [2.05, 4.69) is 34.3 Å². The molecule has 2 unspecified atom stereocenters. The van der Waals surface area contributed by atoms with Crippen molar-refractivity contribution in [3.05, 3.63) is 0 Å². The Morgan fingerprint density at radius 1 is 1.25 bits per heavy atom. The number of aliphatic hydroxyl groups is 1. The van der Waals surface area contributed by atoms with Crippen molar-refractivity contribution in [3.8, 4) is 0 Å². The van der Waals surface area contributed by atoms with Crippen LogP contribution >= 0.6 is 0 Å². The Kier molecular flexibility index (Phi) is 9.47. The highest BCUT2D eigenvalue weighted by molar-refractivity contribution is 5.80. The van der Waals surface area contributed by atoms with E-state index in [-0.39, 0.29) is 17.4 Å². The van der Waals surface area contributed by atoms with E-state index in [1.807, 2.05) is 0 Å². The number of nitrogens with one attached hydrogen (secondary N) is 2. The molecule has 162 valence electrons. The van der Waals surface area contributed by atoms with Gasteiger partial charge in [0.15, 0.2) is 5.96 Å². The number of aliphatic hydroxyl groups excluding tert-OH is 1. The van der Waals surface area contributed by atoms with Gasteiger partial charge in [0.2, 0.25) is 5.91 Å². The molecular formula is C20H39N5O3. The molecule has 1 saturated carbocycles. The Hall–Kier alpha value is -1.38. The zero-order valence-electron chi connectivity index (χ0n) is 17.9. The van der Waals surface area contributed by atoms with Crippen LogP contribution in [0.25, 0.3) is 0 Å². The van der Waals surface area contributed by atoms with Gasteiger partial charge in [-0.3, -0.25) is 14.7 Å². The maximum absolute atomic E-state index is 12.0. The molecular weight excluding hydrogens is 358 g/mol. The smallest absolute Gasteiger partial charge is 0.234 e. The van der Waals surface area contributed by atoms with Gasteiger partial charge in [0.1, 0.15) is 0 Å². The van der Waals surface area contributed by atoms with Gasteiger partial charge in [-0.15, -0.1) is 0 Å². The fraction of sp³-hybridized carbons (Fsp3) is 0.900. The van der Waals surface area contributed by atoms with Crippen LogP contribution < -0.4 is 10.6 Å². The molecule has 1 saturated heterocycles. The van der Waals surface area contributed by atoms with Crippen LogP contribution in [0.4, 0.5) is 0 Å². The highest BCUT2D eigenvalue weighted by Crippen LogP contribution is 2.36. The molecule has 2 aliphatic rings. The number of guanidine groups is 1. The Morgan fingerprint density at radius 2 is 2.00 bits per heavy atom. The molecule has 2 atom stereocenters. The van der Waals surface area contributed by atoms with Crippen LogP contribution in [-0.2, 0) is 9.53 Å². The molecule has 8 nitrogen and oxygen atoms in total. The highest BCUT2D eigenvalue weighted by Gasteiger charge is 2.35. The van der Waals surface area contributed by atoms with Crippen LogP contribution in [0.1, 0.15) is 39.5 Å². The lowest BCUT2D eigenvalue weighted by Crippen LogP contribution is -2.54. The number of carbonyl (C=O) groups is 1. The van der Waals surface area contributed by atoms with E-state index in [0.717, 1.165) is 57.9 Å². The van der Waals surface area contributed by atoms with E-state index in [0.29, 0.717) is 26.2 Å². The first-order valence-electron chi connectivity index (χ1n) is 10.7. The average Bonchev–Trinajstić information content (AvgIpc) is 2.68. The number of amides is 1. The minimum atomic E-state index is -0.263. The van der Waals surface area contributed by atoms with Gasteiger partial charge in [0.25, 0.3) is 0 Å². The van der Waals surface area contributed by atoms with Crippen LogP contribution in [0.2, 0.25) is 0 Å². The molecule has 1 aliphatic carbocycles. The standard InChI is InChI=1S/C20H39N5O3/c1-4-21-19(23-16-20(2)8-6-5-7-17(20)26)25-12-10-24(11-13-25)15-18(27)22-9-14-28-3/h17,26H,4-16H2,1-3H3,(H,21,23)(H,22,27). The summed E-state index contributed by atoms with van der Waals surface area (Å²) in [6.45, 7) is 10.6. The SMILES string of the molecule is CCNC(=NCC1(C)CCCCC1O)N1CCN(CC(=O)NCCOC)CC1. The van der Waals surface area contributed by atoms with Gasteiger partial charge >= 0.3 is 0 Å². The second kappa shape index (κ2) is 11.6. The molecule has 0 bridgehead atoms. The van der Waals surface area contributed by atoms with Crippen LogP contribution in [-0.4, -0.2) is 99.0 Å². The van der Waals surface area contributed by atoms with Crippen molar-refractivity contribution in [1.29, 1.82) is 0 Å². The summed E-state index contributed by atoms with van der Waals surface area (Å²) in [5.41, 5.74) is -0.124. The molecule has 0 radical (unpaired) electrons.